The first-order chi connectivity index (χ1) is 11.0. The van der Waals surface area contributed by atoms with Gasteiger partial charge in [0.05, 0.1) is 24.6 Å². The standard InChI is InChI=1S/C19H19NO3/c1-10(2)15-13-8-9-14(15)17-16(13)18(21)20(19(17)22)11-4-6-12(23-3)7-5-11/h4-9,13-14,16-17H,1-3H3/t13-,14-,16-,17+/m0/s1. The molecule has 4 rings (SSSR count). The van der Waals surface area contributed by atoms with Crippen LogP contribution in [0.5, 0.6) is 5.75 Å². The molecule has 2 bridgehead atoms. The van der Waals surface area contributed by atoms with Crippen LogP contribution < -0.4 is 9.64 Å². The quantitative estimate of drug-likeness (QED) is 0.623. The highest BCUT2D eigenvalue weighted by atomic mass is 16.5. The third-order valence-corrected chi connectivity index (χ3v) is 5.32. The minimum absolute atomic E-state index is 0.0687. The number of anilines is 1. The van der Waals surface area contributed by atoms with Gasteiger partial charge in [0, 0.05) is 11.8 Å². The van der Waals surface area contributed by atoms with Gasteiger partial charge in [0.15, 0.2) is 0 Å². The molecule has 23 heavy (non-hydrogen) atoms. The van der Waals surface area contributed by atoms with Crippen molar-refractivity contribution >= 4 is 17.5 Å². The molecule has 1 aliphatic heterocycles. The van der Waals surface area contributed by atoms with Crippen molar-refractivity contribution in [1.82, 2.24) is 0 Å². The Hall–Kier alpha value is -2.36. The van der Waals surface area contributed by atoms with Crippen molar-refractivity contribution in [3.8, 4) is 5.75 Å². The van der Waals surface area contributed by atoms with E-state index in [1.165, 1.54) is 16.0 Å². The summed E-state index contributed by atoms with van der Waals surface area (Å²) in [6.45, 7) is 4.14. The second-order valence-electron chi connectivity index (χ2n) is 6.65. The first-order valence-electron chi connectivity index (χ1n) is 7.92. The van der Waals surface area contributed by atoms with E-state index in [1.54, 1.807) is 31.4 Å². The van der Waals surface area contributed by atoms with Crippen LogP contribution >= 0.6 is 0 Å². The number of ether oxygens (including phenoxy) is 1. The summed E-state index contributed by atoms with van der Waals surface area (Å²) in [6, 6.07) is 7.09. The maximum atomic E-state index is 12.9. The number of nitrogens with zero attached hydrogens (tertiary/aromatic N) is 1. The van der Waals surface area contributed by atoms with Gasteiger partial charge < -0.3 is 4.74 Å². The van der Waals surface area contributed by atoms with Crippen LogP contribution in [0.1, 0.15) is 13.8 Å². The van der Waals surface area contributed by atoms with Gasteiger partial charge in [-0.3, -0.25) is 9.59 Å². The molecule has 2 fully saturated rings. The van der Waals surface area contributed by atoms with E-state index in [4.69, 9.17) is 4.74 Å². The maximum absolute atomic E-state index is 12.9. The minimum Gasteiger partial charge on any atom is -0.497 e. The van der Waals surface area contributed by atoms with Gasteiger partial charge in [0.25, 0.3) is 0 Å². The SMILES string of the molecule is COc1ccc(N2C(=O)[C@@H]3[C@H](C2=O)[C@H]2C=C[C@H]3C2=C(C)C)cc1. The molecule has 4 nitrogen and oxygen atoms in total. The fraction of sp³-hybridized carbons (Fsp3) is 0.368. The zero-order valence-electron chi connectivity index (χ0n) is 13.4. The summed E-state index contributed by atoms with van der Waals surface area (Å²) in [5, 5.41) is 0. The lowest BCUT2D eigenvalue weighted by Crippen LogP contribution is -2.33. The number of rotatable bonds is 2. The number of hydrogen-bond acceptors (Lipinski definition) is 3. The Bertz CT molecular complexity index is 721. The largest absolute Gasteiger partial charge is 0.497 e. The van der Waals surface area contributed by atoms with E-state index in [-0.39, 0.29) is 35.5 Å². The summed E-state index contributed by atoms with van der Waals surface area (Å²) in [6.07, 6.45) is 4.22. The average Bonchev–Trinajstić information content (AvgIpc) is 3.18. The molecule has 0 unspecified atom stereocenters. The summed E-state index contributed by atoms with van der Waals surface area (Å²) in [5.74, 6) is 0.293. The third-order valence-electron chi connectivity index (χ3n) is 5.32. The first-order valence-corrected chi connectivity index (χ1v) is 7.92. The van der Waals surface area contributed by atoms with Gasteiger partial charge >= 0.3 is 0 Å². The predicted molar refractivity (Wildman–Crippen MR) is 87.0 cm³/mol. The van der Waals surface area contributed by atoms with Gasteiger partial charge in [-0.05, 0) is 38.1 Å². The van der Waals surface area contributed by atoms with Gasteiger partial charge in [0.1, 0.15) is 5.75 Å². The van der Waals surface area contributed by atoms with E-state index in [9.17, 15) is 9.59 Å². The number of allylic oxidation sites excluding steroid dienone is 4. The Morgan fingerprint density at radius 1 is 0.957 bits per heavy atom. The van der Waals surface area contributed by atoms with Crippen LogP contribution in [-0.4, -0.2) is 18.9 Å². The molecule has 1 aromatic carbocycles. The highest BCUT2D eigenvalue weighted by Gasteiger charge is 2.61. The molecule has 0 aromatic heterocycles. The van der Waals surface area contributed by atoms with Crippen molar-refractivity contribution in [2.45, 2.75) is 13.8 Å². The molecule has 2 amide bonds. The van der Waals surface area contributed by atoms with Crippen LogP contribution in [0.15, 0.2) is 47.6 Å². The molecule has 1 aromatic rings. The van der Waals surface area contributed by atoms with E-state index in [0.29, 0.717) is 11.4 Å². The summed E-state index contributed by atoms with van der Waals surface area (Å²) in [4.78, 5) is 27.2. The highest BCUT2D eigenvalue weighted by Crippen LogP contribution is 2.57. The number of fused-ring (bicyclic) bond motifs is 5. The maximum Gasteiger partial charge on any atom is 0.238 e. The summed E-state index contributed by atoms with van der Waals surface area (Å²) in [5.41, 5.74) is 3.14. The Morgan fingerprint density at radius 2 is 1.48 bits per heavy atom. The van der Waals surface area contributed by atoms with E-state index >= 15 is 0 Å². The fourth-order valence-electron chi connectivity index (χ4n) is 4.42. The van der Waals surface area contributed by atoms with E-state index < -0.39 is 0 Å². The predicted octanol–water partition coefficient (Wildman–Crippen LogP) is 2.95. The number of amides is 2. The molecule has 4 heteroatoms. The van der Waals surface area contributed by atoms with Gasteiger partial charge in [0.2, 0.25) is 11.8 Å². The molecule has 4 atom stereocenters. The molecule has 1 saturated heterocycles. The summed E-state index contributed by atoms with van der Waals surface area (Å²) >= 11 is 0. The zero-order valence-corrected chi connectivity index (χ0v) is 13.4. The number of imide groups is 1. The lowest BCUT2D eigenvalue weighted by molar-refractivity contribution is -0.122. The Labute approximate surface area is 135 Å². The van der Waals surface area contributed by atoms with Gasteiger partial charge in [-0.2, -0.15) is 0 Å². The number of methoxy groups -OCH3 is 1. The smallest absolute Gasteiger partial charge is 0.238 e. The van der Waals surface area contributed by atoms with E-state index in [2.05, 4.69) is 26.0 Å². The van der Waals surface area contributed by atoms with Crippen LogP contribution in [0.25, 0.3) is 0 Å². The number of benzene rings is 1. The number of carbonyl (C=O) groups excluding carboxylic acids is 2. The lowest BCUT2D eigenvalue weighted by Gasteiger charge is -2.19. The zero-order chi connectivity index (χ0) is 16.3. The van der Waals surface area contributed by atoms with Gasteiger partial charge in [-0.15, -0.1) is 0 Å². The molecular formula is C19H19NO3. The highest BCUT2D eigenvalue weighted by molar-refractivity contribution is 6.23. The van der Waals surface area contributed by atoms with Crippen LogP contribution in [0.3, 0.4) is 0 Å². The Morgan fingerprint density at radius 3 is 1.91 bits per heavy atom. The molecule has 0 radical (unpaired) electrons. The van der Waals surface area contributed by atoms with E-state index in [1.807, 2.05) is 0 Å². The van der Waals surface area contributed by atoms with Gasteiger partial charge in [-0.25, -0.2) is 4.90 Å². The van der Waals surface area contributed by atoms with Crippen molar-refractivity contribution in [3.05, 3.63) is 47.6 Å². The molecule has 0 spiro atoms. The second-order valence-corrected chi connectivity index (χ2v) is 6.65. The van der Waals surface area contributed by atoms with Crippen molar-refractivity contribution < 1.29 is 14.3 Å². The monoisotopic (exact) mass is 309 g/mol. The van der Waals surface area contributed by atoms with Gasteiger partial charge in [-0.1, -0.05) is 23.3 Å². The molecule has 1 heterocycles. The Balaban J connectivity index is 1.72. The summed E-state index contributed by atoms with van der Waals surface area (Å²) in [7, 11) is 1.59. The van der Waals surface area contributed by atoms with Crippen molar-refractivity contribution in [1.29, 1.82) is 0 Å². The topological polar surface area (TPSA) is 46.6 Å². The van der Waals surface area contributed by atoms with Crippen LogP contribution in [0, 0.1) is 23.7 Å². The van der Waals surface area contributed by atoms with Crippen molar-refractivity contribution in [2.24, 2.45) is 23.7 Å². The van der Waals surface area contributed by atoms with Crippen LogP contribution in [0.4, 0.5) is 5.69 Å². The lowest BCUT2D eigenvalue weighted by atomic mass is 9.85. The minimum atomic E-state index is -0.232. The van der Waals surface area contributed by atoms with Crippen LogP contribution in [-0.2, 0) is 9.59 Å². The molecule has 1 saturated carbocycles. The molecule has 3 aliphatic rings. The van der Waals surface area contributed by atoms with E-state index in [0.717, 1.165) is 0 Å². The normalized spacial score (nSPS) is 31.1. The number of hydrogen-bond donors (Lipinski definition) is 0. The van der Waals surface area contributed by atoms with Crippen molar-refractivity contribution in [3.63, 3.8) is 0 Å². The number of carbonyl (C=O) groups is 2. The molecular weight excluding hydrogens is 290 g/mol. The first kappa shape index (κ1) is 14.2. The van der Waals surface area contributed by atoms with Crippen molar-refractivity contribution in [2.75, 3.05) is 12.0 Å². The average molecular weight is 309 g/mol. The summed E-state index contributed by atoms with van der Waals surface area (Å²) < 4.78 is 5.14. The molecule has 2 aliphatic carbocycles. The molecule has 118 valence electrons. The Kier molecular flexibility index (Phi) is 2.98. The molecule has 0 N–H and O–H groups in total. The fourth-order valence-corrected chi connectivity index (χ4v) is 4.42. The third kappa shape index (κ3) is 1.78. The van der Waals surface area contributed by atoms with Crippen LogP contribution in [0.2, 0.25) is 0 Å². The second kappa shape index (κ2) is 4.82.